The Kier molecular flexibility index (Phi) is 4.71. The van der Waals surface area contributed by atoms with Crippen molar-refractivity contribution in [2.24, 2.45) is 17.8 Å². The van der Waals surface area contributed by atoms with E-state index in [1.54, 1.807) is 24.3 Å². The second kappa shape index (κ2) is 7.67. The molecule has 2 heterocycles. The average molecular weight is 470 g/mol. The molecule has 0 spiro atoms. The average Bonchev–Trinajstić information content (AvgIpc) is 3.09. The summed E-state index contributed by atoms with van der Waals surface area (Å²) in [5, 5.41) is 0.424. The maximum Gasteiger partial charge on any atom is 0.319 e. The summed E-state index contributed by atoms with van der Waals surface area (Å²) in [4.78, 5) is 42.1. The zero-order valence-electron chi connectivity index (χ0n) is 18.3. The number of imide groups is 1. The maximum absolute atomic E-state index is 13.8. The number of halogens is 1. The molecule has 1 saturated heterocycles. The number of carbonyl (C=O) groups excluding carboxylic acids is 3. The Morgan fingerprint density at radius 2 is 1.62 bits per heavy atom. The standard InChI is InChI=1S/C28H20ClNO4/c1-15-10-11-19-21-14-20(16-6-3-2-4-7-16)23-25(24(21)28(33)34-22(19)12-15)27(32)30(26(23)31)18-9-5-8-17(29)13-18/h2-14,20,23-25H,1H3/t20-,23+,24-,25+/m1/s1. The second-order valence-corrected chi connectivity index (χ2v) is 9.44. The summed E-state index contributed by atoms with van der Waals surface area (Å²) in [6, 6.07) is 22.0. The van der Waals surface area contributed by atoms with Gasteiger partial charge in [-0.05, 0) is 47.9 Å². The molecule has 4 atom stereocenters. The van der Waals surface area contributed by atoms with Gasteiger partial charge in [0.25, 0.3) is 0 Å². The van der Waals surface area contributed by atoms with E-state index in [2.05, 4.69) is 0 Å². The number of esters is 1. The van der Waals surface area contributed by atoms with Crippen molar-refractivity contribution in [3.05, 3.63) is 101 Å². The van der Waals surface area contributed by atoms with E-state index in [0.29, 0.717) is 16.5 Å². The van der Waals surface area contributed by atoms with Crippen molar-refractivity contribution in [2.45, 2.75) is 12.8 Å². The van der Waals surface area contributed by atoms with Crippen molar-refractivity contribution in [2.75, 3.05) is 4.90 Å². The predicted octanol–water partition coefficient (Wildman–Crippen LogP) is 5.17. The van der Waals surface area contributed by atoms with Crippen molar-refractivity contribution < 1.29 is 19.1 Å². The third-order valence-electron chi connectivity index (χ3n) is 7.00. The topological polar surface area (TPSA) is 63.7 Å². The summed E-state index contributed by atoms with van der Waals surface area (Å²) in [6.45, 7) is 1.93. The van der Waals surface area contributed by atoms with Crippen LogP contribution in [0.4, 0.5) is 5.69 Å². The van der Waals surface area contributed by atoms with Gasteiger partial charge in [0.15, 0.2) is 0 Å². The minimum atomic E-state index is -0.862. The minimum Gasteiger partial charge on any atom is -0.425 e. The van der Waals surface area contributed by atoms with Crippen LogP contribution >= 0.6 is 11.6 Å². The Bertz CT molecular complexity index is 1400. The summed E-state index contributed by atoms with van der Waals surface area (Å²) in [5.41, 5.74) is 3.83. The van der Waals surface area contributed by atoms with Crippen molar-refractivity contribution >= 4 is 40.6 Å². The molecule has 0 unspecified atom stereocenters. The van der Waals surface area contributed by atoms with Crippen LogP contribution in [0.3, 0.4) is 0 Å². The number of fused-ring (bicyclic) bond motifs is 5. The Labute approximate surface area is 201 Å². The van der Waals surface area contributed by atoms with Crippen LogP contribution in [0.25, 0.3) is 5.57 Å². The highest BCUT2D eigenvalue weighted by Crippen LogP contribution is 2.54. The lowest BCUT2D eigenvalue weighted by molar-refractivity contribution is -0.142. The molecule has 1 fully saturated rings. The van der Waals surface area contributed by atoms with E-state index >= 15 is 0 Å². The molecule has 3 aromatic carbocycles. The Hall–Kier alpha value is -3.70. The highest BCUT2D eigenvalue weighted by Gasteiger charge is 2.60. The maximum atomic E-state index is 13.8. The van der Waals surface area contributed by atoms with Crippen molar-refractivity contribution in [3.63, 3.8) is 0 Å². The number of ether oxygens (including phenoxy) is 1. The first-order valence-electron chi connectivity index (χ1n) is 11.2. The third-order valence-corrected chi connectivity index (χ3v) is 7.24. The van der Waals surface area contributed by atoms with Crippen molar-refractivity contribution in [1.82, 2.24) is 0 Å². The summed E-state index contributed by atoms with van der Waals surface area (Å²) in [5.74, 6) is -3.54. The molecule has 6 rings (SSSR count). The Morgan fingerprint density at radius 1 is 0.853 bits per heavy atom. The van der Waals surface area contributed by atoms with E-state index in [-0.39, 0.29) is 11.8 Å². The van der Waals surface area contributed by atoms with Crippen molar-refractivity contribution in [1.29, 1.82) is 0 Å². The van der Waals surface area contributed by atoms with Gasteiger partial charge in [-0.2, -0.15) is 0 Å². The number of aryl methyl sites for hydroxylation is 1. The molecule has 168 valence electrons. The van der Waals surface area contributed by atoms with E-state index in [4.69, 9.17) is 16.3 Å². The summed E-state index contributed by atoms with van der Waals surface area (Å²) < 4.78 is 5.69. The molecule has 0 N–H and O–H groups in total. The fourth-order valence-electron chi connectivity index (χ4n) is 5.54. The van der Waals surface area contributed by atoms with Gasteiger partial charge in [0.1, 0.15) is 5.75 Å². The number of rotatable bonds is 2. The largest absolute Gasteiger partial charge is 0.425 e. The smallest absolute Gasteiger partial charge is 0.319 e. The van der Waals surface area contributed by atoms with Gasteiger partial charge in [-0.1, -0.05) is 66.2 Å². The van der Waals surface area contributed by atoms with Gasteiger partial charge in [-0.25, -0.2) is 4.90 Å². The van der Waals surface area contributed by atoms with Gasteiger partial charge in [-0.3, -0.25) is 14.4 Å². The fraction of sp³-hybridized carbons (Fsp3) is 0.179. The zero-order valence-corrected chi connectivity index (χ0v) is 19.0. The van der Waals surface area contributed by atoms with Gasteiger partial charge < -0.3 is 4.74 Å². The molecule has 3 aliphatic rings. The number of nitrogens with zero attached hydrogens (tertiary/aromatic N) is 1. The number of anilines is 1. The second-order valence-electron chi connectivity index (χ2n) is 9.00. The SMILES string of the molecule is Cc1ccc2c(c1)OC(=O)[C@@H]1C2=C[C@H](c2ccccc2)[C@@H]2C(=O)N(c3cccc(Cl)c3)C(=O)[C@H]12. The first-order chi connectivity index (χ1) is 16.4. The van der Waals surface area contributed by atoms with Gasteiger partial charge in [0, 0.05) is 16.5 Å². The molecule has 2 aliphatic heterocycles. The van der Waals surface area contributed by atoms with E-state index in [1.807, 2.05) is 61.5 Å². The number of hydrogen-bond donors (Lipinski definition) is 0. The monoisotopic (exact) mass is 469 g/mol. The first-order valence-corrected chi connectivity index (χ1v) is 11.5. The summed E-state index contributed by atoms with van der Waals surface area (Å²) in [7, 11) is 0. The third kappa shape index (κ3) is 3.04. The van der Waals surface area contributed by atoms with Crippen LogP contribution in [0.15, 0.2) is 78.9 Å². The molecule has 34 heavy (non-hydrogen) atoms. The van der Waals surface area contributed by atoms with Crippen LogP contribution in [0.1, 0.15) is 22.6 Å². The molecular weight excluding hydrogens is 450 g/mol. The molecule has 1 aliphatic carbocycles. The molecule has 0 aromatic heterocycles. The molecule has 0 saturated carbocycles. The van der Waals surface area contributed by atoms with Crippen LogP contribution in [0, 0.1) is 24.7 Å². The van der Waals surface area contributed by atoms with Gasteiger partial charge in [0.2, 0.25) is 11.8 Å². The number of hydrogen-bond acceptors (Lipinski definition) is 4. The first kappa shape index (κ1) is 20.9. The number of benzene rings is 3. The van der Waals surface area contributed by atoms with Crippen LogP contribution in [0.2, 0.25) is 5.02 Å². The van der Waals surface area contributed by atoms with Gasteiger partial charge in [0.05, 0.1) is 23.4 Å². The highest BCUT2D eigenvalue weighted by atomic mass is 35.5. The van der Waals surface area contributed by atoms with Gasteiger partial charge in [-0.15, -0.1) is 0 Å². The van der Waals surface area contributed by atoms with E-state index in [9.17, 15) is 14.4 Å². The summed E-state index contributed by atoms with van der Waals surface area (Å²) >= 11 is 6.17. The number of allylic oxidation sites excluding steroid dienone is 1. The molecule has 5 nitrogen and oxygen atoms in total. The summed E-state index contributed by atoms with van der Waals surface area (Å²) in [6.07, 6.45) is 1.99. The molecular formula is C28H20ClNO4. The van der Waals surface area contributed by atoms with Gasteiger partial charge >= 0.3 is 5.97 Å². The molecule has 3 aromatic rings. The Morgan fingerprint density at radius 3 is 2.38 bits per heavy atom. The van der Waals surface area contributed by atoms with Crippen LogP contribution in [-0.2, 0) is 14.4 Å². The quantitative estimate of drug-likeness (QED) is 0.295. The minimum absolute atomic E-state index is 0.330. The predicted molar refractivity (Wildman–Crippen MR) is 128 cm³/mol. The van der Waals surface area contributed by atoms with Crippen LogP contribution in [0.5, 0.6) is 5.75 Å². The van der Waals surface area contributed by atoms with Crippen molar-refractivity contribution in [3.8, 4) is 5.75 Å². The zero-order chi connectivity index (χ0) is 23.6. The van der Waals surface area contributed by atoms with E-state index in [1.165, 1.54) is 4.90 Å². The lowest BCUT2D eigenvalue weighted by Gasteiger charge is -2.38. The normalized spacial score (nSPS) is 25.3. The number of amides is 2. The van der Waals surface area contributed by atoms with Crippen LogP contribution in [-0.4, -0.2) is 17.8 Å². The van der Waals surface area contributed by atoms with Crippen LogP contribution < -0.4 is 9.64 Å². The fourth-order valence-corrected chi connectivity index (χ4v) is 5.72. The lowest BCUT2D eigenvalue weighted by atomic mass is 9.64. The highest BCUT2D eigenvalue weighted by molar-refractivity contribution is 6.31. The Balaban J connectivity index is 1.56. The molecule has 2 amide bonds. The van der Waals surface area contributed by atoms with E-state index < -0.39 is 29.6 Å². The molecule has 0 radical (unpaired) electrons. The lowest BCUT2D eigenvalue weighted by Crippen LogP contribution is -2.42. The molecule has 0 bridgehead atoms. The number of carbonyl (C=O) groups is 3. The van der Waals surface area contributed by atoms with E-state index in [0.717, 1.165) is 22.3 Å². The molecule has 6 heteroatoms.